The van der Waals surface area contributed by atoms with Crippen LogP contribution >= 0.6 is 0 Å². The van der Waals surface area contributed by atoms with Gasteiger partial charge in [0.25, 0.3) is 5.91 Å². The molecule has 5 nitrogen and oxygen atoms in total. The quantitative estimate of drug-likeness (QED) is 0.899. The summed E-state index contributed by atoms with van der Waals surface area (Å²) >= 11 is 0. The number of nitrogens with zero attached hydrogens (tertiary/aromatic N) is 1. The zero-order chi connectivity index (χ0) is 17.7. The van der Waals surface area contributed by atoms with Crippen LogP contribution in [0.25, 0.3) is 0 Å². The fraction of sp³-hybridized carbons (Fsp3) is 0.556. The maximum absolute atomic E-state index is 13.7. The van der Waals surface area contributed by atoms with Gasteiger partial charge in [-0.05, 0) is 37.0 Å². The molecule has 0 radical (unpaired) electrons. The third kappa shape index (κ3) is 5.03. The molecule has 0 unspecified atom stereocenters. The van der Waals surface area contributed by atoms with Gasteiger partial charge in [-0.2, -0.15) is 0 Å². The molecule has 0 bridgehead atoms. The summed E-state index contributed by atoms with van der Waals surface area (Å²) < 4.78 is 19.5. The van der Waals surface area contributed by atoms with Crippen molar-refractivity contribution in [3.8, 4) is 0 Å². The number of carbonyl (C=O) groups excluding carboxylic acids is 2. The largest absolute Gasteiger partial charge is 0.378 e. The standard InChI is InChI=1S/C18H25FN2O3/c1-12(2)11-24-15-6-8-21(9-7-15)18(23)14-4-5-16(19)17(10-14)20-13(3)22/h4-5,10,12,15H,6-9,11H2,1-3H3,(H,20,22). The van der Waals surface area contributed by atoms with E-state index in [1.807, 2.05) is 0 Å². The lowest BCUT2D eigenvalue weighted by atomic mass is 10.1. The lowest BCUT2D eigenvalue weighted by Crippen LogP contribution is -2.41. The van der Waals surface area contributed by atoms with Gasteiger partial charge in [-0.3, -0.25) is 9.59 Å². The van der Waals surface area contributed by atoms with E-state index in [9.17, 15) is 14.0 Å². The maximum atomic E-state index is 13.7. The number of anilines is 1. The number of nitrogens with one attached hydrogen (secondary N) is 1. The van der Waals surface area contributed by atoms with E-state index in [-0.39, 0.29) is 23.6 Å². The number of carbonyl (C=O) groups is 2. The number of likely N-dealkylation sites (tertiary alicyclic amines) is 1. The molecule has 0 aromatic heterocycles. The Morgan fingerprint density at radius 1 is 1.33 bits per heavy atom. The molecule has 1 aromatic rings. The molecule has 1 saturated heterocycles. The van der Waals surface area contributed by atoms with Crippen LogP contribution < -0.4 is 5.32 Å². The molecule has 1 aromatic carbocycles. The van der Waals surface area contributed by atoms with Crippen molar-refractivity contribution in [2.75, 3.05) is 25.0 Å². The van der Waals surface area contributed by atoms with E-state index < -0.39 is 5.82 Å². The van der Waals surface area contributed by atoms with Crippen molar-refractivity contribution in [2.24, 2.45) is 5.92 Å². The van der Waals surface area contributed by atoms with Gasteiger partial charge in [0.05, 0.1) is 11.8 Å². The number of halogens is 1. The number of ether oxygens (including phenoxy) is 1. The van der Waals surface area contributed by atoms with Crippen molar-refractivity contribution in [2.45, 2.75) is 39.7 Å². The smallest absolute Gasteiger partial charge is 0.253 e. The number of amides is 2. The van der Waals surface area contributed by atoms with Crippen LogP contribution in [0.5, 0.6) is 0 Å². The molecule has 0 spiro atoms. The minimum Gasteiger partial charge on any atom is -0.378 e. The molecule has 1 N–H and O–H groups in total. The summed E-state index contributed by atoms with van der Waals surface area (Å²) in [5, 5.41) is 2.40. The fourth-order valence-corrected chi connectivity index (χ4v) is 2.68. The molecule has 24 heavy (non-hydrogen) atoms. The van der Waals surface area contributed by atoms with Crippen LogP contribution in [-0.4, -0.2) is 42.5 Å². The molecule has 6 heteroatoms. The minimum absolute atomic E-state index is 0.0310. The first-order chi connectivity index (χ1) is 11.4. The molecule has 1 aliphatic rings. The Balaban J connectivity index is 1.96. The second kappa shape index (κ2) is 8.24. The van der Waals surface area contributed by atoms with E-state index in [0.717, 1.165) is 19.4 Å². The zero-order valence-corrected chi connectivity index (χ0v) is 14.5. The van der Waals surface area contributed by atoms with Crippen LogP contribution in [0, 0.1) is 11.7 Å². The van der Waals surface area contributed by atoms with Crippen molar-refractivity contribution in [3.63, 3.8) is 0 Å². The summed E-state index contributed by atoms with van der Waals surface area (Å²) in [5.41, 5.74) is 0.408. The van der Waals surface area contributed by atoms with Crippen LogP contribution in [0.4, 0.5) is 10.1 Å². The molecule has 2 rings (SSSR count). The highest BCUT2D eigenvalue weighted by Crippen LogP contribution is 2.20. The lowest BCUT2D eigenvalue weighted by molar-refractivity contribution is -0.114. The number of hydrogen-bond acceptors (Lipinski definition) is 3. The Morgan fingerprint density at radius 2 is 2.00 bits per heavy atom. The predicted octanol–water partition coefficient (Wildman–Crippen LogP) is 3.06. The van der Waals surface area contributed by atoms with E-state index in [4.69, 9.17) is 4.74 Å². The van der Waals surface area contributed by atoms with Crippen molar-refractivity contribution >= 4 is 17.5 Å². The summed E-state index contributed by atoms with van der Waals surface area (Å²) in [6, 6.07) is 4.04. The molecule has 0 atom stereocenters. The highest BCUT2D eigenvalue weighted by Gasteiger charge is 2.24. The second-order valence-electron chi connectivity index (χ2n) is 6.59. The molecule has 1 heterocycles. The van der Waals surface area contributed by atoms with Crippen molar-refractivity contribution in [1.29, 1.82) is 0 Å². The molecule has 132 valence electrons. The Morgan fingerprint density at radius 3 is 2.58 bits per heavy atom. The van der Waals surface area contributed by atoms with Crippen LogP contribution in [0.1, 0.15) is 44.0 Å². The van der Waals surface area contributed by atoms with Gasteiger partial charge in [0.15, 0.2) is 0 Å². The molecule has 0 saturated carbocycles. The fourth-order valence-electron chi connectivity index (χ4n) is 2.68. The summed E-state index contributed by atoms with van der Waals surface area (Å²) in [7, 11) is 0. The van der Waals surface area contributed by atoms with Gasteiger partial charge >= 0.3 is 0 Å². The van der Waals surface area contributed by atoms with Crippen LogP contribution in [0.2, 0.25) is 0 Å². The number of benzene rings is 1. The summed E-state index contributed by atoms with van der Waals surface area (Å²) in [6.07, 6.45) is 1.80. The van der Waals surface area contributed by atoms with Gasteiger partial charge in [0.2, 0.25) is 5.91 Å². The average molecular weight is 336 g/mol. The first kappa shape index (κ1) is 18.4. The van der Waals surface area contributed by atoms with Crippen molar-refractivity contribution < 1.29 is 18.7 Å². The van der Waals surface area contributed by atoms with E-state index in [2.05, 4.69) is 19.2 Å². The van der Waals surface area contributed by atoms with E-state index in [1.54, 1.807) is 4.90 Å². The van der Waals surface area contributed by atoms with Crippen molar-refractivity contribution in [3.05, 3.63) is 29.6 Å². The third-order valence-corrected chi connectivity index (χ3v) is 3.92. The first-order valence-corrected chi connectivity index (χ1v) is 8.35. The van der Waals surface area contributed by atoms with Gasteiger partial charge in [0.1, 0.15) is 5.82 Å². The normalized spacial score (nSPS) is 15.6. The van der Waals surface area contributed by atoms with Crippen LogP contribution in [-0.2, 0) is 9.53 Å². The molecule has 1 fully saturated rings. The average Bonchev–Trinajstić information content (AvgIpc) is 2.54. The number of rotatable bonds is 5. The predicted molar refractivity (Wildman–Crippen MR) is 90.4 cm³/mol. The maximum Gasteiger partial charge on any atom is 0.253 e. The van der Waals surface area contributed by atoms with Gasteiger partial charge < -0.3 is 15.0 Å². The van der Waals surface area contributed by atoms with E-state index >= 15 is 0 Å². The molecule has 0 aliphatic carbocycles. The lowest BCUT2D eigenvalue weighted by Gasteiger charge is -2.32. The second-order valence-corrected chi connectivity index (χ2v) is 6.59. The first-order valence-electron chi connectivity index (χ1n) is 8.35. The van der Waals surface area contributed by atoms with Gasteiger partial charge in [0, 0.05) is 32.2 Å². The molecular formula is C18H25FN2O3. The summed E-state index contributed by atoms with van der Waals surface area (Å²) in [6.45, 7) is 7.50. The Bertz CT molecular complexity index is 596. The third-order valence-electron chi connectivity index (χ3n) is 3.92. The Kier molecular flexibility index (Phi) is 6.31. The molecular weight excluding hydrogens is 311 g/mol. The van der Waals surface area contributed by atoms with Crippen molar-refractivity contribution in [1.82, 2.24) is 4.90 Å². The topological polar surface area (TPSA) is 58.6 Å². The number of piperidine rings is 1. The van der Waals surface area contributed by atoms with Gasteiger partial charge in [-0.1, -0.05) is 13.8 Å². The van der Waals surface area contributed by atoms with E-state index in [1.165, 1.54) is 25.1 Å². The van der Waals surface area contributed by atoms with Gasteiger partial charge in [-0.25, -0.2) is 4.39 Å². The number of hydrogen-bond donors (Lipinski definition) is 1. The zero-order valence-electron chi connectivity index (χ0n) is 14.5. The van der Waals surface area contributed by atoms with E-state index in [0.29, 0.717) is 24.6 Å². The van der Waals surface area contributed by atoms with Crippen LogP contribution in [0.15, 0.2) is 18.2 Å². The Hall–Kier alpha value is -1.95. The molecule has 1 aliphatic heterocycles. The van der Waals surface area contributed by atoms with Gasteiger partial charge in [-0.15, -0.1) is 0 Å². The summed E-state index contributed by atoms with van der Waals surface area (Å²) in [4.78, 5) is 25.4. The summed E-state index contributed by atoms with van der Waals surface area (Å²) in [5.74, 6) is -0.579. The van der Waals surface area contributed by atoms with Crippen LogP contribution in [0.3, 0.4) is 0 Å². The monoisotopic (exact) mass is 336 g/mol. The minimum atomic E-state index is -0.553. The highest BCUT2D eigenvalue weighted by molar-refractivity contribution is 5.97. The SMILES string of the molecule is CC(=O)Nc1cc(C(=O)N2CCC(OCC(C)C)CC2)ccc1F. The highest BCUT2D eigenvalue weighted by atomic mass is 19.1. The Labute approximate surface area is 142 Å². The molecule has 2 amide bonds.